The fourth-order valence-corrected chi connectivity index (χ4v) is 1.84. The molecule has 1 aliphatic rings. The lowest BCUT2D eigenvalue weighted by Crippen LogP contribution is -2.36. The second kappa shape index (κ2) is 6.35. The number of carbonyl (C=O) groups excluding carboxylic acids is 1. The van der Waals surface area contributed by atoms with Gasteiger partial charge in [-0.05, 0) is 18.6 Å². The zero-order valence-corrected chi connectivity index (χ0v) is 10.7. The molecule has 0 aliphatic carbocycles. The van der Waals surface area contributed by atoms with Gasteiger partial charge in [-0.3, -0.25) is 4.79 Å². The number of nitrogens with zero attached hydrogens (tertiary/aromatic N) is 2. The molecule has 1 aromatic heterocycles. The molecule has 1 aromatic rings. The standard InChI is InChI=1S/C13H19N3O2/c1-2-5-14-13(17)11-3-4-12(15-10-11)16-6-8-18-9-7-16/h3-4,10H,2,5-9H2,1H3,(H,14,17). The minimum atomic E-state index is -0.0575. The minimum Gasteiger partial charge on any atom is -0.378 e. The van der Waals surface area contributed by atoms with E-state index in [1.807, 2.05) is 19.1 Å². The number of hydrogen-bond donors (Lipinski definition) is 1. The highest BCUT2D eigenvalue weighted by molar-refractivity contribution is 5.94. The fourth-order valence-electron chi connectivity index (χ4n) is 1.84. The first kappa shape index (κ1) is 12.8. The number of pyridine rings is 1. The van der Waals surface area contributed by atoms with Crippen LogP contribution in [-0.2, 0) is 4.74 Å². The number of morpholine rings is 1. The van der Waals surface area contributed by atoms with Crippen molar-refractivity contribution in [3.05, 3.63) is 23.9 Å². The topological polar surface area (TPSA) is 54.5 Å². The Hall–Kier alpha value is -1.62. The first-order chi connectivity index (χ1) is 8.81. The Morgan fingerprint density at radius 2 is 2.22 bits per heavy atom. The van der Waals surface area contributed by atoms with Crippen molar-refractivity contribution in [2.45, 2.75) is 13.3 Å². The van der Waals surface area contributed by atoms with Gasteiger partial charge >= 0.3 is 0 Å². The van der Waals surface area contributed by atoms with Crippen LogP contribution in [0.2, 0.25) is 0 Å². The predicted octanol–water partition coefficient (Wildman–Crippen LogP) is 1.06. The maximum Gasteiger partial charge on any atom is 0.252 e. The average Bonchev–Trinajstić information content (AvgIpc) is 2.46. The number of hydrogen-bond acceptors (Lipinski definition) is 4. The second-order valence-electron chi connectivity index (χ2n) is 4.26. The van der Waals surface area contributed by atoms with E-state index in [2.05, 4.69) is 15.2 Å². The van der Waals surface area contributed by atoms with Crippen LogP contribution in [0.3, 0.4) is 0 Å². The molecule has 0 bridgehead atoms. The lowest BCUT2D eigenvalue weighted by atomic mass is 10.2. The van der Waals surface area contributed by atoms with Crippen LogP contribution < -0.4 is 10.2 Å². The molecule has 0 unspecified atom stereocenters. The molecule has 0 radical (unpaired) electrons. The van der Waals surface area contributed by atoms with Gasteiger partial charge in [0.1, 0.15) is 5.82 Å². The van der Waals surface area contributed by atoms with Crippen LogP contribution in [-0.4, -0.2) is 43.7 Å². The third kappa shape index (κ3) is 3.20. The lowest BCUT2D eigenvalue weighted by molar-refractivity contribution is 0.0953. The number of aromatic nitrogens is 1. The number of carbonyl (C=O) groups is 1. The summed E-state index contributed by atoms with van der Waals surface area (Å²) in [6.07, 6.45) is 2.57. The highest BCUT2D eigenvalue weighted by atomic mass is 16.5. The second-order valence-corrected chi connectivity index (χ2v) is 4.26. The van der Waals surface area contributed by atoms with E-state index >= 15 is 0 Å². The molecule has 0 saturated carbocycles. The summed E-state index contributed by atoms with van der Waals surface area (Å²) in [4.78, 5) is 18.2. The van der Waals surface area contributed by atoms with E-state index in [-0.39, 0.29) is 5.91 Å². The fraction of sp³-hybridized carbons (Fsp3) is 0.538. The molecule has 0 atom stereocenters. The summed E-state index contributed by atoms with van der Waals surface area (Å²) in [5, 5.41) is 2.84. The highest BCUT2D eigenvalue weighted by Gasteiger charge is 2.13. The van der Waals surface area contributed by atoms with Gasteiger partial charge in [-0.2, -0.15) is 0 Å². The van der Waals surface area contributed by atoms with E-state index in [1.54, 1.807) is 6.20 Å². The summed E-state index contributed by atoms with van der Waals surface area (Å²) in [7, 11) is 0. The largest absolute Gasteiger partial charge is 0.378 e. The Bertz CT molecular complexity index is 386. The van der Waals surface area contributed by atoms with Gasteiger partial charge in [-0.15, -0.1) is 0 Å². The maximum absolute atomic E-state index is 11.7. The SMILES string of the molecule is CCCNC(=O)c1ccc(N2CCOCC2)nc1. The first-order valence-electron chi connectivity index (χ1n) is 6.38. The molecule has 0 aromatic carbocycles. The number of rotatable bonds is 4. The van der Waals surface area contributed by atoms with Gasteiger partial charge in [0, 0.05) is 25.8 Å². The summed E-state index contributed by atoms with van der Waals surface area (Å²) in [5.74, 6) is 0.850. The van der Waals surface area contributed by atoms with Crippen molar-refractivity contribution in [1.29, 1.82) is 0 Å². The summed E-state index contributed by atoms with van der Waals surface area (Å²) in [5.41, 5.74) is 0.612. The van der Waals surface area contributed by atoms with Crippen molar-refractivity contribution in [3.8, 4) is 0 Å². The molecule has 5 heteroatoms. The Morgan fingerprint density at radius 1 is 1.44 bits per heavy atom. The Labute approximate surface area is 107 Å². The van der Waals surface area contributed by atoms with Crippen molar-refractivity contribution < 1.29 is 9.53 Å². The van der Waals surface area contributed by atoms with Crippen LogP contribution in [0.1, 0.15) is 23.7 Å². The van der Waals surface area contributed by atoms with Crippen molar-refractivity contribution >= 4 is 11.7 Å². The Kier molecular flexibility index (Phi) is 4.52. The van der Waals surface area contributed by atoms with Gasteiger partial charge in [0.2, 0.25) is 0 Å². The van der Waals surface area contributed by atoms with Crippen LogP contribution >= 0.6 is 0 Å². The average molecular weight is 249 g/mol. The third-order valence-electron chi connectivity index (χ3n) is 2.88. The Balaban J connectivity index is 1.98. The molecule has 5 nitrogen and oxygen atoms in total. The van der Waals surface area contributed by atoms with Crippen molar-refractivity contribution in [1.82, 2.24) is 10.3 Å². The molecule has 1 fully saturated rings. The maximum atomic E-state index is 11.7. The van der Waals surface area contributed by atoms with Crippen LogP contribution in [0.5, 0.6) is 0 Å². The summed E-state index contributed by atoms with van der Waals surface area (Å²) in [6.45, 7) is 5.91. The number of ether oxygens (including phenoxy) is 1. The van der Waals surface area contributed by atoms with E-state index in [1.165, 1.54) is 0 Å². The quantitative estimate of drug-likeness (QED) is 0.867. The van der Waals surface area contributed by atoms with E-state index in [4.69, 9.17) is 4.74 Å². The van der Waals surface area contributed by atoms with Crippen molar-refractivity contribution in [3.63, 3.8) is 0 Å². The van der Waals surface area contributed by atoms with E-state index in [0.717, 1.165) is 38.5 Å². The number of anilines is 1. The molecular weight excluding hydrogens is 230 g/mol. The van der Waals surface area contributed by atoms with Gasteiger partial charge in [0.15, 0.2) is 0 Å². The molecule has 2 rings (SSSR count). The molecular formula is C13H19N3O2. The third-order valence-corrected chi connectivity index (χ3v) is 2.88. The summed E-state index contributed by atoms with van der Waals surface area (Å²) < 4.78 is 5.29. The minimum absolute atomic E-state index is 0.0575. The van der Waals surface area contributed by atoms with Crippen LogP contribution in [0.25, 0.3) is 0 Å². The van der Waals surface area contributed by atoms with Crippen molar-refractivity contribution in [2.75, 3.05) is 37.7 Å². The number of nitrogens with one attached hydrogen (secondary N) is 1. The van der Waals surface area contributed by atoms with Gasteiger partial charge in [-0.1, -0.05) is 6.92 Å². The molecule has 1 N–H and O–H groups in total. The molecule has 0 spiro atoms. The summed E-state index contributed by atoms with van der Waals surface area (Å²) in [6, 6.07) is 3.72. The smallest absolute Gasteiger partial charge is 0.252 e. The van der Waals surface area contributed by atoms with Gasteiger partial charge in [0.25, 0.3) is 5.91 Å². The molecule has 98 valence electrons. The molecule has 18 heavy (non-hydrogen) atoms. The van der Waals surface area contributed by atoms with Crippen LogP contribution in [0.4, 0.5) is 5.82 Å². The van der Waals surface area contributed by atoms with Gasteiger partial charge in [0.05, 0.1) is 18.8 Å². The summed E-state index contributed by atoms with van der Waals surface area (Å²) >= 11 is 0. The zero-order valence-electron chi connectivity index (χ0n) is 10.7. The van der Waals surface area contributed by atoms with E-state index < -0.39 is 0 Å². The van der Waals surface area contributed by atoms with Crippen LogP contribution in [0, 0.1) is 0 Å². The zero-order chi connectivity index (χ0) is 12.8. The Morgan fingerprint density at radius 3 is 2.83 bits per heavy atom. The molecule has 2 heterocycles. The molecule has 1 amide bonds. The predicted molar refractivity (Wildman–Crippen MR) is 69.9 cm³/mol. The van der Waals surface area contributed by atoms with Gasteiger partial charge in [-0.25, -0.2) is 4.98 Å². The highest BCUT2D eigenvalue weighted by Crippen LogP contribution is 2.12. The molecule has 1 saturated heterocycles. The van der Waals surface area contributed by atoms with Crippen molar-refractivity contribution in [2.24, 2.45) is 0 Å². The van der Waals surface area contributed by atoms with Gasteiger partial charge < -0.3 is 15.0 Å². The molecule has 1 aliphatic heterocycles. The lowest BCUT2D eigenvalue weighted by Gasteiger charge is -2.27. The normalized spacial score (nSPS) is 15.5. The monoisotopic (exact) mass is 249 g/mol. The first-order valence-corrected chi connectivity index (χ1v) is 6.38. The van der Waals surface area contributed by atoms with E-state index in [0.29, 0.717) is 12.1 Å². The number of amides is 1. The van der Waals surface area contributed by atoms with E-state index in [9.17, 15) is 4.79 Å². The van der Waals surface area contributed by atoms with Crippen LogP contribution in [0.15, 0.2) is 18.3 Å².